The molecule has 2 aromatic rings. The number of unbranched alkanes of at least 4 members (excludes halogenated alkanes) is 1. The molecule has 22 heavy (non-hydrogen) atoms. The minimum Gasteiger partial charge on any atom is -0.483 e. The maximum Gasteiger partial charge on any atom is 0.223 e. The van der Waals surface area contributed by atoms with E-state index < -0.39 is 0 Å². The average Bonchev–Trinajstić information content (AvgIpc) is 2.53. The monoisotopic (exact) mass is 300 g/mol. The molecule has 1 aromatic carbocycles. The normalized spacial score (nSPS) is 10.7. The van der Waals surface area contributed by atoms with Crippen molar-refractivity contribution < 1.29 is 4.74 Å². The second-order valence-corrected chi connectivity index (χ2v) is 5.41. The van der Waals surface area contributed by atoms with Gasteiger partial charge in [-0.1, -0.05) is 43.7 Å². The van der Waals surface area contributed by atoms with Crippen LogP contribution in [0.4, 0.5) is 0 Å². The van der Waals surface area contributed by atoms with Crippen LogP contribution in [0.15, 0.2) is 41.2 Å². The summed E-state index contributed by atoms with van der Waals surface area (Å²) in [6.45, 7) is 5.62. The zero-order valence-corrected chi connectivity index (χ0v) is 13.3. The highest BCUT2D eigenvalue weighted by molar-refractivity contribution is 5.31. The third kappa shape index (κ3) is 3.77. The lowest BCUT2D eigenvalue weighted by atomic mass is 10.2. The van der Waals surface area contributed by atoms with Crippen molar-refractivity contribution in [2.45, 2.75) is 46.4 Å². The molecular weight excluding hydrogens is 276 g/mol. The van der Waals surface area contributed by atoms with E-state index >= 15 is 0 Å². The van der Waals surface area contributed by atoms with Gasteiger partial charge in [-0.05, 0) is 18.9 Å². The molecule has 4 heteroatoms. The Morgan fingerprint density at radius 1 is 1.23 bits per heavy atom. The second-order valence-electron chi connectivity index (χ2n) is 5.41. The summed E-state index contributed by atoms with van der Waals surface area (Å²) in [5.74, 6) is 0.382. The predicted molar refractivity (Wildman–Crippen MR) is 89.0 cm³/mol. The molecule has 0 aliphatic heterocycles. The van der Waals surface area contributed by atoms with E-state index in [4.69, 9.17) is 10.5 Å². The molecule has 0 saturated carbocycles. The molecule has 1 heterocycles. The highest BCUT2D eigenvalue weighted by Gasteiger charge is 2.14. The molecular formula is C18H24N2O2. The first kappa shape index (κ1) is 16.3. The Hall–Kier alpha value is -2.07. The minimum absolute atomic E-state index is 0.0957. The topological polar surface area (TPSA) is 57.2 Å². The Balaban J connectivity index is 2.31. The SMILES string of the molecule is CCCCn1c(C)cc(=O)c(OCc2ccccc2)c1CN. The number of hydrogen-bond donors (Lipinski definition) is 1. The maximum absolute atomic E-state index is 12.3. The standard InChI is InChI=1S/C18H24N2O2/c1-3-4-10-20-14(2)11-17(21)18(16(20)12-19)22-13-15-8-6-5-7-9-15/h5-9,11H,3-4,10,12-13,19H2,1-2H3. The first-order valence-corrected chi connectivity index (χ1v) is 7.77. The van der Waals surface area contributed by atoms with E-state index in [2.05, 4.69) is 11.5 Å². The second kappa shape index (κ2) is 7.80. The highest BCUT2D eigenvalue weighted by atomic mass is 16.5. The van der Waals surface area contributed by atoms with Crippen LogP contribution in [0.2, 0.25) is 0 Å². The smallest absolute Gasteiger partial charge is 0.223 e. The van der Waals surface area contributed by atoms with Crippen molar-refractivity contribution in [2.75, 3.05) is 0 Å². The van der Waals surface area contributed by atoms with Gasteiger partial charge in [0.25, 0.3) is 0 Å². The molecule has 0 saturated heterocycles. The fourth-order valence-corrected chi connectivity index (χ4v) is 2.53. The number of ether oxygens (including phenoxy) is 1. The molecule has 1 aromatic heterocycles. The molecule has 0 fully saturated rings. The lowest BCUT2D eigenvalue weighted by molar-refractivity contribution is 0.294. The van der Waals surface area contributed by atoms with E-state index in [9.17, 15) is 4.79 Å². The van der Waals surface area contributed by atoms with Gasteiger partial charge < -0.3 is 15.0 Å². The summed E-state index contributed by atoms with van der Waals surface area (Å²) in [6.07, 6.45) is 2.14. The van der Waals surface area contributed by atoms with Gasteiger partial charge in [-0.2, -0.15) is 0 Å². The fourth-order valence-electron chi connectivity index (χ4n) is 2.53. The number of pyridine rings is 1. The lowest BCUT2D eigenvalue weighted by Gasteiger charge is -2.19. The van der Waals surface area contributed by atoms with Gasteiger partial charge in [-0.25, -0.2) is 0 Å². The van der Waals surface area contributed by atoms with Crippen molar-refractivity contribution in [2.24, 2.45) is 5.73 Å². The van der Waals surface area contributed by atoms with E-state index in [-0.39, 0.29) is 5.43 Å². The maximum atomic E-state index is 12.3. The number of rotatable bonds is 7. The molecule has 0 aliphatic carbocycles. The third-order valence-corrected chi connectivity index (χ3v) is 3.73. The van der Waals surface area contributed by atoms with Crippen LogP contribution in [0, 0.1) is 6.92 Å². The number of nitrogens with two attached hydrogens (primary N) is 1. The number of aromatic nitrogens is 1. The summed E-state index contributed by atoms with van der Waals surface area (Å²) in [5.41, 5.74) is 8.55. The number of nitrogens with zero attached hydrogens (tertiary/aromatic N) is 1. The van der Waals surface area contributed by atoms with Crippen molar-refractivity contribution in [3.63, 3.8) is 0 Å². The van der Waals surface area contributed by atoms with Crippen LogP contribution in [0.5, 0.6) is 5.75 Å². The van der Waals surface area contributed by atoms with Crippen molar-refractivity contribution >= 4 is 0 Å². The zero-order chi connectivity index (χ0) is 15.9. The summed E-state index contributed by atoms with van der Waals surface area (Å²) in [4.78, 5) is 12.3. The summed E-state index contributed by atoms with van der Waals surface area (Å²) in [5, 5.41) is 0. The Morgan fingerprint density at radius 3 is 2.59 bits per heavy atom. The van der Waals surface area contributed by atoms with Crippen LogP contribution >= 0.6 is 0 Å². The number of benzene rings is 1. The molecule has 0 aliphatic rings. The van der Waals surface area contributed by atoms with Crippen LogP contribution in [0.25, 0.3) is 0 Å². The fraction of sp³-hybridized carbons (Fsp3) is 0.389. The molecule has 4 nitrogen and oxygen atoms in total. The van der Waals surface area contributed by atoms with Crippen molar-refractivity contribution in [1.82, 2.24) is 4.57 Å². The Bertz CT molecular complexity index is 663. The summed E-state index contributed by atoms with van der Waals surface area (Å²) in [7, 11) is 0. The number of aryl methyl sites for hydroxylation is 1. The summed E-state index contributed by atoms with van der Waals surface area (Å²) >= 11 is 0. The molecule has 0 spiro atoms. The highest BCUT2D eigenvalue weighted by Crippen LogP contribution is 2.18. The Kier molecular flexibility index (Phi) is 5.78. The molecule has 0 radical (unpaired) electrons. The van der Waals surface area contributed by atoms with E-state index in [0.29, 0.717) is 18.9 Å². The van der Waals surface area contributed by atoms with Crippen molar-refractivity contribution in [3.8, 4) is 5.75 Å². The van der Waals surface area contributed by atoms with Crippen molar-refractivity contribution in [3.05, 3.63) is 63.6 Å². The summed E-state index contributed by atoms with van der Waals surface area (Å²) in [6, 6.07) is 11.5. The van der Waals surface area contributed by atoms with Gasteiger partial charge in [0.1, 0.15) is 6.61 Å². The molecule has 0 unspecified atom stereocenters. The van der Waals surface area contributed by atoms with Gasteiger partial charge in [-0.15, -0.1) is 0 Å². The van der Waals surface area contributed by atoms with Crippen LogP contribution in [-0.4, -0.2) is 4.57 Å². The Labute approximate surface area is 131 Å². The largest absolute Gasteiger partial charge is 0.483 e. The van der Waals surface area contributed by atoms with Gasteiger partial charge in [-0.3, -0.25) is 4.79 Å². The molecule has 2 N–H and O–H groups in total. The lowest BCUT2D eigenvalue weighted by Crippen LogP contribution is -2.21. The molecule has 0 amide bonds. The van der Waals surface area contributed by atoms with E-state index in [0.717, 1.165) is 36.3 Å². The number of hydrogen-bond acceptors (Lipinski definition) is 3. The van der Waals surface area contributed by atoms with E-state index in [1.54, 1.807) is 6.07 Å². The Morgan fingerprint density at radius 2 is 1.95 bits per heavy atom. The minimum atomic E-state index is -0.0957. The van der Waals surface area contributed by atoms with Gasteiger partial charge in [0.15, 0.2) is 5.75 Å². The summed E-state index contributed by atoms with van der Waals surface area (Å²) < 4.78 is 7.91. The molecule has 0 bridgehead atoms. The van der Waals surface area contributed by atoms with Crippen LogP contribution < -0.4 is 15.9 Å². The van der Waals surface area contributed by atoms with Gasteiger partial charge >= 0.3 is 0 Å². The molecule has 2 rings (SSSR count). The van der Waals surface area contributed by atoms with Crippen LogP contribution in [0.1, 0.15) is 36.7 Å². The average molecular weight is 300 g/mol. The third-order valence-electron chi connectivity index (χ3n) is 3.73. The van der Waals surface area contributed by atoms with Gasteiger partial charge in [0, 0.05) is 24.8 Å². The van der Waals surface area contributed by atoms with E-state index in [1.807, 2.05) is 37.3 Å². The predicted octanol–water partition coefficient (Wildman–Crippen LogP) is 2.99. The first-order valence-electron chi connectivity index (χ1n) is 7.77. The van der Waals surface area contributed by atoms with E-state index in [1.165, 1.54) is 0 Å². The molecule has 0 atom stereocenters. The molecule has 118 valence electrons. The van der Waals surface area contributed by atoms with Crippen LogP contribution in [0.3, 0.4) is 0 Å². The van der Waals surface area contributed by atoms with Crippen molar-refractivity contribution in [1.29, 1.82) is 0 Å². The first-order chi connectivity index (χ1) is 10.7. The van der Waals surface area contributed by atoms with Gasteiger partial charge in [0.05, 0.1) is 5.69 Å². The zero-order valence-electron chi connectivity index (χ0n) is 13.3. The quantitative estimate of drug-likeness (QED) is 0.855. The van der Waals surface area contributed by atoms with Gasteiger partial charge in [0.2, 0.25) is 5.43 Å². The van der Waals surface area contributed by atoms with Crippen LogP contribution in [-0.2, 0) is 19.7 Å².